The maximum atomic E-state index is 3.59. The Kier molecular flexibility index (Phi) is 2.06. The van der Waals surface area contributed by atoms with Gasteiger partial charge in [-0.05, 0) is 44.1 Å². The molecule has 3 heterocycles. The van der Waals surface area contributed by atoms with E-state index < -0.39 is 0 Å². The van der Waals surface area contributed by atoms with Gasteiger partial charge in [0.25, 0.3) is 0 Å². The van der Waals surface area contributed by atoms with E-state index >= 15 is 0 Å². The molecular weight excluding hydrogens is 160 g/mol. The van der Waals surface area contributed by atoms with Crippen LogP contribution in [-0.4, -0.2) is 37.1 Å². The van der Waals surface area contributed by atoms with Crippen LogP contribution in [0.1, 0.15) is 25.7 Å². The standard InChI is InChI=1S/C11H20N2/c1-2-11(12-3-1)8-13-6-9-4-10(5-9)7-13/h9-12H,1-8H2. The predicted molar refractivity (Wildman–Crippen MR) is 53.7 cm³/mol. The normalized spacial score (nSPS) is 44.8. The zero-order valence-corrected chi connectivity index (χ0v) is 8.34. The quantitative estimate of drug-likeness (QED) is 0.684. The summed E-state index contributed by atoms with van der Waals surface area (Å²) in [7, 11) is 0. The summed E-state index contributed by atoms with van der Waals surface area (Å²) in [5.41, 5.74) is 0. The molecule has 1 atom stereocenters. The molecule has 0 aromatic heterocycles. The number of hydrogen-bond acceptors (Lipinski definition) is 2. The van der Waals surface area contributed by atoms with Crippen molar-refractivity contribution in [2.24, 2.45) is 11.8 Å². The number of hydrogen-bond donors (Lipinski definition) is 1. The minimum atomic E-state index is 0.817. The van der Waals surface area contributed by atoms with E-state index in [0.717, 1.165) is 17.9 Å². The van der Waals surface area contributed by atoms with E-state index in [-0.39, 0.29) is 0 Å². The smallest absolute Gasteiger partial charge is 0.0195 e. The lowest BCUT2D eigenvalue weighted by atomic mass is 9.71. The van der Waals surface area contributed by atoms with Gasteiger partial charge in [0.1, 0.15) is 0 Å². The molecule has 1 saturated carbocycles. The highest BCUT2D eigenvalue weighted by molar-refractivity contribution is 4.91. The van der Waals surface area contributed by atoms with Crippen LogP contribution in [0.15, 0.2) is 0 Å². The summed E-state index contributed by atoms with van der Waals surface area (Å²) in [6.45, 7) is 5.38. The van der Waals surface area contributed by atoms with Crippen LogP contribution in [0.25, 0.3) is 0 Å². The topological polar surface area (TPSA) is 15.3 Å². The van der Waals surface area contributed by atoms with E-state index in [1.54, 1.807) is 0 Å². The maximum absolute atomic E-state index is 3.59. The Morgan fingerprint density at radius 1 is 1.15 bits per heavy atom. The van der Waals surface area contributed by atoms with Crippen LogP contribution in [0.4, 0.5) is 0 Å². The zero-order chi connectivity index (χ0) is 8.67. The molecule has 0 aromatic rings. The first-order valence-electron chi connectivity index (χ1n) is 5.86. The number of fused-ring (bicyclic) bond motifs is 2. The Bertz CT molecular complexity index is 171. The summed E-state index contributed by atoms with van der Waals surface area (Å²) in [4.78, 5) is 2.70. The van der Waals surface area contributed by atoms with Crippen LogP contribution in [0.3, 0.4) is 0 Å². The van der Waals surface area contributed by atoms with Crippen molar-refractivity contribution >= 4 is 0 Å². The van der Waals surface area contributed by atoms with Crippen LogP contribution in [0.5, 0.6) is 0 Å². The molecule has 3 aliphatic heterocycles. The van der Waals surface area contributed by atoms with E-state index in [2.05, 4.69) is 10.2 Å². The number of piperidine rings is 2. The third-order valence-electron chi connectivity index (χ3n) is 4.01. The van der Waals surface area contributed by atoms with Crippen LogP contribution in [-0.2, 0) is 0 Å². The van der Waals surface area contributed by atoms with Crippen molar-refractivity contribution in [1.82, 2.24) is 10.2 Å². The van der Waals surface area contributed by atoms with Gasteiger partial charge in [-0.1, -0.05) is 0 Å². The van der Waals surface area contributed by atoms with Gasteiger partial charge in [0.05, 0.1) is 0 Å². The van der Waals surface area contributed by atoms with Crippen LogP contribution in [0, 0.1) is 11.8 Å². The second-order valence-electron chi connectivity index (χ2n) is 5.22. The van der Waals surface area contributed by atoms with Crippen LogP contribution in [0.2, 0.25) is 0 Å². The molecule has 3 saturated heterocycles. The Balaban J connectivity index is 1.49. The van der Waals surface area contributed by atoms with Gasteiger partial charge in [0.15, 0.2) is 0 Å². The fourth-order valence-electron chi connectivity index (χ4n) is 3.35. The molecule has 0 spiro atoms. The highest BCUT2D eigenvalue weighted by atomic mass is 15.2. The first-order valence-corrected chi connectivity index (χ1v) is 5.86. The molecule has 1 N–H and O–H groups in total. The molecule has 0 radical (unpaired) electrons. The molecule has 2 nitrogen and oxygen atoms in total. The van der Waals surface area contributed by atoms with E-state index in [0.29, 0.717) is 0 Å². The summed E-state index contributed by atoms with van der Waals surface area (Å²) in [5, 5.41) is 3.59. The monoisotopic (exact) mass is 180 g/mol. The van der Waals surface area contributed by atoms with Gasteiger partial charge < -0.3 is 10.2 Å². The molecule has 0 amide bonds. The Morgan fingerprint density at radius 2 is 1.92 bits per heavy atom. The average molecular weight is 180 g/mol. The molecule has 2 bridgehead atoms. The van der Waals surface area contributed by atoms with E-state index in [1.807, 2.05) is 0 Å². The van der Waals surface area contributed by atoms with Gasteiger partial charge in [-0.2, -0.15) is 0 Å². The van der Waals surface area contributed by atoms with Crippen molar-refractivity contribution in [1.29, 1.82) is 0 Å². The summed E-state index contributed by atoms with van der Waals surface area (Å²) >= 11 is 0. The Labute approximate surface area is 80.7 Å². The van der Waals surface area contributed by atoms with Gasteiger partial charge in [0, 0.05) is 25.7 Å². The Hall–Kier alpha value is -0.0800. The molecule has 0 aromatic carbocycles. The lowest BCUT2D eigenvalue weighted by Crippen LogP contribution is -2.51. The minimum Gasteiger partial charge on any atom is -0.313 e. The second kappa shape index (κ2) is 3.25. The summed E-state index contributed by atoms with van der Waals surface area (Å²) in [6, 6.07) is 0.817. The van der Waals surface area contributed by atoms with Crippen LogP contribution < -0.4 is 5.32 Å². The average Bonchev–Trinajstić information content (AvgIpc) is 2.55. The SMILES string of the molecule is C1CNC(CN2CC3CC(C3)C2)C1. The van der Waals surface area contributed by atoms with Gasteiger partial charge in [-0.15, -0.1) is 0 Å². The molecule has 4 aliphatic rings. The van der Waals surface area contributed by atoms with Crippen molar-refractivity contribution in [3.05, 3.63) is 0 Å². The first-order chi connectivity index (χ1) is 6.40. The molecule has 4 fully saturated rings. The van der Waals surface area contributed by atoms with Gasteiger partial charge in [-0.25, -0.2) is 0 Å². The highest BCUT2D eigenvalue weighted by Gasteiger charge is 2.37. The first kappa shape index (κ1) is 8.25. The molecule has 1 unspecified atom stereocenters. The number of nitrogens with zero attached hydrogens (tertiary/aromatic N) is 1. The van der Waals surface area contributed by atoms with Crippen molar-refractivity contribution in [2.75, 3.05) is 26.2 Å². The van der Waals surface area contributed by atoms with E-state index in [4.69, 9.17) is 0 Å². The van der Waals surface area contributed by atoms with Crippen molar-refractivity contribution in [2.45, 2.75) is 31.7 Å². The largest absolute Gasteiger partial charge is 0.313 e. The summed E-state index contributed by atoms with van der Waals surface area (Å²) < 4.78 is 0. The summed E-state index contributed by atoms with van der Waals surface area (Å²) in [5.74, 6) is 2.14. The number of rotatable bonds is 2. The molecule has 1 aliphatic carbocycles. The minimum absolute atomic E-state index is 0.817. The predicted octanol–water partition coefficient (Wildman–Crippen LogP) is 1.08. The molecule has 2 heteroatoms. The zero-order valence-electron chi connectivity index (χ0n) is 8.34. The van der Waals surface area contributed by atoms with Gasteiger partial charge >= 0.3 is 0 Å². The van der Waals surface area contributed by atoms with Gasteiger partial charge in [0.2, 0.25) is 0 Å². The van der Waals surface area contributed by atoms with Crippen molar-refractivity contribution < 1.29 is 0 Å². The summed E-state index contributed by atoms with van der Waals surface area (Å²) in [6.07, 6.45) is 5.88. The molecular formula is C11H20N2. The molecule has 74 valence electrons. The second-order valence-corrected chi connectivity index (χ2v) is 5.22. The Morgan fingerprint density at radius 3 is 2.54 bits per heavy atom. The third-order valence-corrected chi connectivity index (χ3v) is 4.01. The van der Waals surface area contributed by atoms with Crippen LogP contribution >= 0.6 is 0 Å². The lowest BCUT2D eigenvalue weighted by Gasteiger charge is -2.47. The van der Waals surface area contributed by atoms with E-state index in [9.17, 15) is 0 Å². The lowest BCUT2D eigenvalue weighted by molar-refractivity contribution is 0.0233. The highest BCUT2D eigenvalue weighted by Crippen LogP contribution is 2.39. The number of nitrogens with one attached hydrogen (secondary N) is 1. The molecule has 13 heavy (non-hydrogen) atoms. The van der Waals surface area contributed by atoms with E-state index in [1.165, 1.54) is 51.9 Å². The fourth-order valence-corrected chi connectivity index (χ4v) is 3.35. The van der Waals surface area contributed by atoms with Crippen molar-refractivity contribution in [3.8, 4) is 0 Å². The third kappa shape index (κ3) is 1.62. The fraction of sp³-hybridized carbons (Fsp3) is 1.00. The van der Waals surface area contributed by atoms with Crippen molar-refractivity contribution in [3.63, 3.8) is 0 Å². The maximum Gasteiger partial charge on any atom is 0.0195 e. The van der Waals surface area contributed by atoms with Gasteiger partial charge in [-0.3, -0.25) is 0 Å². The molecule has 4 rings (SSSR count).